The second-order valence-corrected chi connectivity index (χ2v) is 12.1. The maximum absolute atomic E-state index is 12.8. The Morgan fingerprint density at radius 3 is 2.03 bits per heavy atom. The fraction of sp³-hybridized carbons (Fsp3) is 0.880. The monoisotopic (exact) mass is 447 g/mol. The first-order chi connectivity index (χ1) is 15.1. The zero-order chi connectivity index (χ0) is 22.9. The number of hydrogen-bond donors (Lipinski definition) is 2. The molecule has 5 aliphatic rings. The minimum absolute atomic E-state index is 0.0403. The van der Waals surface area contributed by atoms with E-state index in [-0.39, 0.29) is 23.8 Å². The number of rotatable bonds is 6. The van der Waals surface area contributed by atoms with Crippen molar-refractivity contribution in [2.75, 3.05) is 26.2 Å². The Balaban J connectivity index is 1.13. The van der Waals surface area contributed by atoms with Gasteiger partial charge in [-0.1, -0.05) is 0 Å². The zero-order valence-corrected chi connectivity index (χ0v) is 20.1. The van der Waals surface area contributed by atoms with E-state index in [9.17, 15) is 14.4 Å². The number of carbonyl (C=O) groups excluding carboxylic acids is 3. The van der Waals surface area contributed by atoms with Crippen LogP contribution in [0.5, 0.6) is 0 Å². The molecule has 0 aromatic heterocycles. The van der Waals surface area contributed by atoms with Crippen molar-refractivity contribution >= 4 is 17.9 Å². The highest BCUT2D eigenvalue weighted by Gasteiger charge is 2.51. The second-order valence-electron chi connectivity index (χ2n) is 12.1. The van der Waals surface area contributed by atoms with E-state index < -0.39 is 11.7 Å². The highest BCUT2D eigenvalue weighted by Crippen LogP contribution is 2.61. The molecule has 0 unspecified atom stereocenters. The summed E-state index contributed by atoms with van der Waals surface area (Å²) in [6.45, 7) is 7.39. The van der Waals surface area contributed by atoms with Crippen molar-refractivity contribution in [3.05, 3.63) is 0 Å². The van der Waals surface area contributed by atoms with Crippen LogP contribution >= 0.6 is 0 Å². The van der Waals surface area contributed by atoms with E-state index in [4.69, 9.17) is 4.74 Å². The number of likely N-dealkylation sites (tertiary alicyclic amines) is 1. The maximum Gasteiger partial charge on any atom is 0.408 e. The van der Waals surface area contributed by atoms with Crippen LogP contribution in [-0.4, -0.2) is 54.6 Å². The van der Waals surface area contributed by atoms with Gasteiger partial charge in [0.2, 0.25) is 11.8 Å². The van der Waals surface area contributed by atoms with Crippen LogP contribution < -0.4 is 10.6 Å². The van der Waals surface area contributed by atoms with Crippen molar-refractivity contribution in [3.8, 4) is 0 Å². The molecule has 32 heavy (non-hydrogen) atoms. The molecule has 1 aliphatic heterocycles. The Hall–Kier alpha value is -1.79. The van der Waals surface area contributed by atoms with E-state index in [0.717, 1.165) is 30.6 Å². The number of hydrogen-bond acceptors (Lipinski definition) is 4. The number of nitrogens with zero attached hydrogens (tertiary/aromatic N) is 1. The van der Waals surface area contributed by atoms with Gasteiger partial charge in [-0.3, -0.25) is 9.59 Å². The minimum Gasteiger partial charge on any atom is -0.444 e. The van der Waals surface area contributed by atoms with Gasteiger partial charge in [-0.2, -0.15) is 0 Å². The van der Waals surface area contributed by atoms with E-state index in [2.05, 4.69) is 10.6 Å². The van der Waals surface area contributed by atoms with Gasteiger partial charge >= 0.3 is 6.09 Å². The third kappa shape index (κ3) is 5.96. The Morgan fingerprint density at radius 1 is 0.938 bits per heavy atom. The number of piperidine rings is 1. The van der Waals surface area contributed by atoms with Gasteiger partial charge in [0.15, 0.2) is 0 Å². The molecule has 4 saturated carbocycles. The summed E-state index contributed by atoms with van der Waals surface area (Å²) < 4.78 is 5.17. The van der Waals surface area contributed by atoms with Crippen LogP contribution in [0.25, 0.3) is 0 Å². The summed E-state index contributed by atoms with van der Waals surface area (Å²) in [6.07, 6.45) is 9.94. The molecule has 2 N–H and O–H groups in total. The molecule has 1 heterocycles. The van der Waals surface area contributed by atoms with Crippen LogP contribution in [0.1, 0.15) is 78.6 Å². The first-order valence-electron chi connectivity index (χ1n) is 12.6. The quantitative estimate of drug-likeness (QED) is 0.653. The fourth-order valence-electron chi connectivity index (χ4n) is 7.13. The molecular formula is C25H41N3O4. The van der Waals surface area contributed by atoms with Gasteiger partial charge in [0.05, 0.1) is 0 Å². The molecule has 3 amide bonds. The molecule has 5 fully saturated rings. The molecule has 0 spiro atoms. The smallest absolute Gasteiger partial charge is 0.408 e. The minimum atomic E-state index is -0.578. The van der Waals surface area contributed by atoms with E-state index in [1.807, 2.05) is 0 Å². The SMILES string of the molecule is CC(C)(C)OC(=O)NCC(=O)N1CCC(CNC(=O)CC23CC4CC(CC(C4)C2)C3)CC1. The Labute approximate surface area is 192 Å². The van der Waals surface area contributed by atoms with E-state index in [1.165, 1.54) is 38.5 Å². The summed E-state index contributed by atoms with van der Waals surface area (Å²) in [5.74, 6) is 3.19. The molecule has 0 aromatic carbocycles. The molecule has 4 aliphatic carbocycles. The lowest BCUT2D eigenvalue weighted by Gasteiger charge is -2.56. The van der Waals surface area contributed by atoms with Gasteiger partial charge in [0.25, 0.3) is 0 Å². The van der Waals surface area contributed by atoms with E-state index >= 15 is 0 Å². The third-order valence-electron chi connectivity index (χ3n) is 8.04. The highest BCUT2D eigenvalue weighted by atomic mass is 16.6. The third-order valence-corrected chi connectivity index (χ3v) is 8.04. The lowest BCUT2D eigenvalue weighted by atomic mass is 9.49. The van der Waals surface area contributed by atoms with Crippen LogP contribution in [0.15, 0.2) is 0 Å². The first kappa shape index (κ1) is 23.4. The summed E-state index contributed by atoms with van der Waals surface area (Å²) in [5.41, 5.74) is -0.290. The average molecular weight is 448 g/mol. The summed E-state index contributed by atoms with van der Waals surface area (Å²) in [6, 6.07) is 0. The summed E-state index contributed by atoms with van der Waals surface area (Å²) in [7, 11) is 0. The van der Waals surface area contributed by atoms with Crippen LogP contribution in [0.3, 0.4) is 0 Å². The van der Waals surface area contributed by atoms with Gasteiger partial charge in [0.1, 0.15) is 12.1 Å². The number of carbonyl (C=O) groups is 3. The summed E-state index contributed by atoms with van der Waals surface area (Å²) >= 11 is 0. The average Bonchev–Trinajstić information content (AvgIpc) is 2.68. The maximum atomic E-state index is 12.8. The van der Waals surface area contributed by atoms with Crippen LogP contribution in [-0.2, 0) is 14.3 Å². The molecule has 0 atom stereocenters. The van der Waals surface area contributed by atoms with Gasteiger partial charge in [-0.25, -0.2) is 4.79 Å². The van der Waals surface area contributed by atoms with Crippen LogP contribution in [0.4, 0.5) is 4.79 Å². The number of nitrogens with one attached hydrogen (secondary N) is 2. The van der Waals surface area contributed by atoms with Gasteiger partial charge < -0.3 is 20.3 Å². The molecular weight excluding hydrogens is 406 g/mol. The number of ether oxygens (including phenoxy) is 1. The second kappa shape index (κ2) is 9.22. The lowest BCUT2D eigenvalue weighted by molar-refractivity contribution is -0.132. The molecule has 7 heteroatoms. The Kier molecular flexibility index (Phi) is 6.73. The van der Waals surface area contributed by atoms with Crippen molar-refractivity contribution in [1.29, 1.82) is 0 Å². The predicted octanol–water partition coefficient (Wildman–Crippen LogP) is 3.47. The molecule has 1 saturated heterocycles. The van der Waals surface area contributed by atoms with Gasteiger partial charge in [-0.05, 0) is 101 Å². The standard InChI is InChI=1S/C25H41N3O4/c1-24(2,3)32-23(31)27-16-22(30)28-6-4-17(5-7-28)15-26-21(29)14-25-11-18-8-19(12-25)10-20(9-18)13-25/h17-20H,4-16H2,1-3H3,(H,26,29)(H,27,31). The van der Waals surface area contributed by atoms with Crippen molar-refractivity contribution in [2.24, 2.45) is 29.1 Å². The van der Waals surface area contributed by atoms with Crippen molar-refractivity contribution in [1.82, 2.24) is 15.5 Å². The summed E-state index contributed by atoms with van der Waals surface area (Å²) in [4.78, 5) is 38.7. The van der Waals surface area contributed by atoms with Gasteiger partial charge in [0, 0.05) is 26.1 Å². The summed E-state index contributed by atoms with van der Waals surface area (Å²) in [5, 5.41) is 5.76. The largest absolute Gasteiger partial charge is 0.444 e. The van der Waals surface area contributed by atoms with Crippen LogP contribution in [0, 0.1) is 29.1 Å². The Bertz CT molecular complexity index is 686. The van der Waals surface area contributed by atoms with E-state index in [0.29, 0.717) is 32.0 Å². The molecule has 0 aromatic rings. The number of amides is 3. The van der Waals surface area contributed by atoms with E-state index in [1.54, 1.807) is 25.7 Å². The topological polar surface area (TPSA) is 87.7 Å². The predicted molar refractivity (Wildman–Crippen MR) is 122 cm³/mol. The normalized spacial score (nSPS) is 32.0. The number of alkyl carbamates (subject to hydrolysis) is 1. The van der Waals surface area contributed by atoms with Crippen molar-refractivity contribution in [3.63, 3.8) is 0 Å². The highest BCUT2D eigenvalue weighted by molar-refractivity contribution is 5.82. The first-order valence-corrected chi connectivity index (χ1v) is 12.6. The molecule has 7 nitrogen and oxygen atoms in total. The van der Waals surface area contributed by atoms with Crippen molar-refractivity contribution < 1.29 is 19.1 Å². The molecule has 5 rings (SSSR count). The van der Waals surface area contributed by atoms with Crippen LogP contribution in [0.2, 0.25) is 0 Å². The molecule has 4 bridgehead atoms. The van der Waals surface area contributed by atoms with Gasteiger partial charge in [-0.15, -0.1) is 0 Å². The lowest BCUT2D eigenvalue weighted by Crippen LogP contribution is -2.48. The molecule has 180 valence electrons. The van der Waals surface area contributed by atoms with Crippen molar-refractivity contribution in [2.45, 2.75) is 84.2 Å². The Morgan fingerprint density at radius 2 is 1.50 bits per heavy atom. The molecule has 0 radical (unpaired) electrons. The zero-order valence-electron chi connectivity index (χ0n) is 20.1. The fourth-order valence-corrected chi connectivity index (χ4v) is 7.13.